The maximum absolute atomic E-state index is 12.8. The number of nitrogens with one attached hydrogen (secondary N) is 1. The lowest BCUT2D eigenvalue weighted by Gasteiger charge is -2.36. The smallest absolute Gasteiger partial charge is 0.266 e. The molecular formula is C15H18Cl3N3OS. The summed E-state index contributed by atoms with van der Waals surface area (Å²) in [7, 11) is 0. The van der Waals surface area contributed by atoms with Crippen LogP contribution in [0.15, 0.2) is 29.8 Å². The fraction of sp³-hybridized carbons (Fsp3) is 0.333. The van der Waals surface area contributed by atoms with Crippen LogP contribution in [0.5, 0.6) is 0 Å². The van der Waals surface area contributed by atoms with E-state index in [0.717, 1.165) is 29.2 Å². The third-order valence-corrected chi connectivity index (χ3v) is 4.83. The molecule has 2 aromatic rings. The Labute approximate surface area is 157 Å². The number of halogens is 3. The van der Waals surface area contributed by atoms with Crippen molar-refractivity contribution in [2.24, 2.45) is 0 Å². The minimum Gasteiger partial charge on any atom is -0.328 e. The van der Waals surface area contributed by atoms with Gasteiger partial charge in [-0.1, -0.05) is 23.7 Å². The first kappa shape index (κ1) is 20.2. The van der Waals surface area contributed by atoms with Gasteiger partial charge < -0.3 is 10.2 Å². The molecule has 0 spiro atoms. The number of aryl methyl sites for hydroxylation is 1. The average molecular weight is 395 g/mol. The Morgan fingerprint density at radius 1 is 1.43 bits per heavy atom. The molecule has 1 atom stereocenters. The second kappa shape index (κ2) is 8.85. The van der Waals surface area contributed by atoms with E-state index in [9.17, 15) is 4.79 Å². The number of rotatable bonds is 2. The summed E-state index contributed by atoms with van der Waals surface area (Å²) < 4.78 is 0. The number of carbonyl (C=O) groups is 1. The van der Waals surface area contributed by atoms with E-state index >= 15 is 0 Å². The summed E-state index contributed by atoms with van der Waals surface area (Å²) >= 11 is 7.49. The minimum absolute atomic E-state index is 0. The Bertz CT molecular complexity index is 665. The van der Waals surface area contributed by atoms with E-state index in [1.165, 1.54) is 11.3 Å². The van der Waals surface area contributed by atoms with Crippen molar-refractivity contribution in [3.8, 4) is 0 Å². The Hall–Kier alpha value is -0.850. The highest BCUT2D eigenvalue weighted by atomic mass is 35.5. The molecule has 1 fully saturated rings. The molecule has 1 N–H and O–H groups in total. The Morgan fingerprint density at radius 3 is 2.87 bits per heavy atom. The summed E-state index contributed by atoms with van der Waals surface area (Å²) in [5.41, 5.74) is 3.58. The molecule has 3 rings (SSSR count). The van der Waals surface area contributed by atoms with Crippen LogP contribution in [0.4, 0.5) is 0 Å². The first-order valence-corrected chi connectivity index (χ1v) is 8.10. The third-order valence-electron chi connectivity index (χ3n) is 3.68. The van der Waals surface area contributed by atoms with Crippen molar-refractivity contribution in [3.05, 3.63) is 50.9 Å². The van der Waals surface area contributed by atoms with E-state index in [1.54, 1.807) is 5.51 Å². The van der Waals surface area contributed by atoms with Crippen LogP contribution in [0.2, 0.25) is 5.02 Å². The van der Waals surface area contributed by atoms with Crippen LogP contribution in [-0.4, -0.2) is 35.4 Å². The van der Waals surface area contributed by atoms with Gasteiger partial charge in [0.15, 0.2) is 0 Å². The van der Waals surface area contributed by atoms with Gasteiger partial charge in [0.2, 0.25) is 0 Å². The molecule has 1 saturated heterocycles. The lowest BCUT2D eigenvalue weighted by molar-refractivity contribution is 0.0638. The first-order valence-electron chi connectivity index (χ1n) is 6.84. The van der Waals surface area contributed by atoms with Crippen molar-refractivity contribution >= 4 is 53.7 Å². The van der Waals surface area contributed by atoms with Crippen LogP contribution in [0.25, 0.3) is 0 Å². The van der Waals surface area contributed by atoms with E-state index in [4.69, 9.17) is 11.6 Å². The largest absolute Gasteiger partial charge is 0.328 e. The van der Waals surface area contributed by atoms with Crippen LogP contribution in [0.3, 0.4) is 0 Å². The molecule has 0 bridgehead atoms. The monoisotopic (exact) mass is 393 g/mol. The van der Waals surface area contributed by atoms with E-state index in [0.29, 0.717) is 11.6 Å². The molecule has 1 unspecified atom stereocenters. The van der Waals surface area contributed by atoms with Gasteiger partial charge in [-0.15, -0.1) is 36.2 Å². The lowest BCUT2D eigenvalue weighted by Crippen LogP contribution is -2.48. The van der Waals surface area contributed by atoms with Crippen molar-refractivity contribution in [2.45, 2.75) is 13.0 Å². The Kier molecular flexibility index (Phi) is 7.77. The number of hydrogen-bond acceptors (Lipinski definition) is 4. The van der Waals surface area contributed by atoms with Crippen LogP contribution in [-0.2, 0) is 0 Å². The fourth-order valence-corrected chi connectivity index (χ4v) is 3.55. The van der Waals surface area contributed by atoms with Crippen molar-refractivity contribution in [1.29, 1.82) is 0 Å². The molecule has 0 saturated carbocycles. The van der Waals surface area contributed by atoms with Crippen molar-refractivity contribution in [2.75, 3.05) is 19.6 Å². The van der Waals surface area contributed by atoms with Gasteiger partial charge in [-0.25, -0.2) is 4.98 Å². The quantitative estimate of drug-likeness (QED) is 0.844. The topological polar surface area (TPSA) is 45.2 Å². The summed E-state index contributed by atoms with van der Waals surface area (Å²) in [6.07, 6.45) is 0. The number of thiazole rings is 1. The predicted octanol–water partition coefficient (Wildman–Crippen LogP) is 3.74. The number of benzene rings is 1. The highest BCUT2D eigenvalue weighted by Gasteiger charge is 2.30. The molecular weight excluding hydrogens is 377 g/mol. The van der Waals surface area contributed by atoms with Crippen molar-refractivity contribution in [3.63, 3.8) is 0 Å². The SMILES string of the molecule is Cc1ncsc1C(=O)N1CCNCC1c1cccc(Cl)c1.Cl.Cl. The zero-order valence-corrected chi connectivity index (χ0v) is 15.7. The maximum atomic E-state index is 12.8. The van der Waals surface area contributed by atoms with Gasteiger partial charge in [-0.05, 0) is 24.6 Å². The number of hydrogen-bond donors (Lipinski definition) is 1. The minimum atomic E-state index is 0. The summed E-state index contributed by atoms with van der Waals surface area (Å²) in [4.78, 5) is 19.6. The van der Waals surface area contributed by atoms with Gasteiger partial charge in [0.1, 0.15) is 4.88 Å². The molecule has 1 aromatic carbocycles. The molecule has 8 heteroatoms. The Morgan fingerprint density at radius 2 is 2.22 bits per heavy atom. The summed E-state index contributed by atoms with van der Waals surface area (Å²) in [6.45, 7) is 4.11. The van der Waals surface area contributed by atoms with Crippen LogP contribution >= 0.6 is 47.8 Å². The third kappa shape index (κ3) is 4.37. The van der Waals surface area contributed by atoms with Gasteiger partial charge >= 0.3 is 0 Å². The van der Waals surface area contributed by atoms with Gasteiger partial charge in [0, 0.05) is 24.7 Å². The standard InChI is InChI=1S/C15H16ClN3OS.2ClH/c1-10-14(21-9-18-10)15(20)19-6-5-17-8-13(19)11-3-2-4-12(16)7-11;;/h2-4,7,9,13,17H,5-6,8H2,1H3;2*1H. The van der Waals surface area contributed by atoms with Crippen molar-refractivity contribution in [1.82, 2.24) is 15.2 Å². The Balaban J connectivity index is 0.00000132. The van der Waals surface area contributed by atoms with Crippen LogP contribution < -0.4 is 5.32 Å². The molecule has 23 heavy (non-hydrogen) atoms. The van der Waals surface area contributed by atoms with E-state index in [2.05, 4.69) is 10.3 Å². The van der Waals surface area contributed by atoms with E-state index in [1.807, 2.05) is 36.1 Å². The molecule has 0 radical (unpaired) electrons. The summed E-state index contributed by atoms with van der Waals surface area (Å²) in [5.74, 6) is 0.0569. The summed E-state index contributed by atoms with van der Waals surface area (Å²) in [5, 5.41) is 4.04. The van der Waals surface area contributed by atoms with Crippen LogP contribution in [0, 0.1) is 6.92 Å². The zero-order valence-electron chi connectivity index (χ0n) is 12.5. The highest BCUT2D eigenvalue weighted by Crippen LogP contribution is 2.27. The lowest BCUT2D eigenvalue weighted by atomic mass is 10.0. The van der Waals surface area contributed by atoms with Crippen LogP contribution in [0.1, 0.15) is 27.0 Å². The van der Waals surface area contributed by atoms with Gasteiger partial charge in [0.25, 0.3) is 5.91 Å². The van der Waals surface area contributed by atoms with Gasteiger partial charge in [0.05, 0.1) is 17.2 Å². The molecule has 1 aliphatic heterocycles. The number of carbonyl (C=O) groups excluding carboxylic acids is 1. The van der Waals surface area contributed by atoms with E-state index in [-0.39, 0.29) is 36.8 Å². The molecule has 126 valence electrons. The fourth-order valence-electron chi connectivity index (χ4n) is 2.60. The molecule has 1 aromatic heterocycles. The molecule has 2 heterocycles. The number of aromatic nitrogens is 1. The normalized spacial score (nSPS) is 17.1. The number of nitrogens with zero attached hydrogens (tertiary/aromatic N) is 2. The maximum Gasteiger partial charge on any atom is 0.266 e. The average Bonchev–Trinajstić information content (AvgIpc) is 2.93. The zero-order chi connectivity index (χ0) is 14.8. The first-order chi connectivity index (χ1) is 10.2. The number of amides is 1. The summed E-state index contributed by atoms with van der Waals surface area (Å²) in [6, 6.07) is 7.72. The second-order valence-corrected chi connectivity index (χ2v) is 6.33. The molecule has 1 amide bonds. The molecule has 0 aliphatic carbocycles. The second-order valence-electron chi connectivity index (χ2n) is 5.04. The molecule has 1 aliphatic rings. The predicted molar refractivity (Wildman–Crippen MR) is 99.4 cm³/mol. The number of piperazine rings is 1. The van der Waals surface area contributed by atoms with Crippen molar-refractivity contribution < 1.29 is 4.79 Å². The highest BCUT2D eigenvalue weighted by molar-refractivity contribution is 7.11. The van der Waals surface area contributed by atoms with E-state index < -0.39 is 0 Å². The van der Waals surface area contributed by atoms with Gasteiger partial charge in [-0.2, -0.15) is 0 Å². The molecule has 4 nitrogen and oxygen atoms in total. The van der Waals surface area contributed by atoms with Gasteiger partial charge in [-0.3, -0.25) is 4.79 Å².